The van der Waals surface area contributed by atoms with Crippen molar-refractivity contribution in [2.45, 2.75) is 19.1 Å². The van der Waals surface area contributed by atoms with Gasteiger partial charge in [0.2, 0.25) is 15.9 Å². The Morgan fingerprint density at radius 3 is 2.31 bits per heavy atom. The van der Waals surface area contributed by atoms with Gasteiger partial charge in [-0.05, 0) is 49.4 Å². The summed E-state index contributed by atoms with van der Waals surface area (Å²) in [6.07, 6.45) is -3.80. The van der Waals surface area contributed by atoms with Crippen LogP contribution in [0.2, 0.25) is 0 Å². The zero-order chi connectivity index (χ0) is 23.5. The normalized spacial score (nSPS) is 15.8. The molecule has 1 aliphatic heterocycles. The van der Waals surface area contributed by atoms with Crippen LogP contribution in [-0.2, 0) is 25.7 Å². The average Bonchev–Trinajstić information content (AvgIpc) is 2.73. The van der Waals surface area contributed by atoms with E-state index in [2.05, 4.69) is 10.2 Å². The van der Waals surface area contributed by atoms with Gasteiger partial charge in [-0.25, -0.2) is 8.42 Å². The van der Waals surface area contributed by atoms with Crippen LogP contribution in [0.15, 0.2) is 48.5 Å². The third kappa shape index (κ3) is 5.71. The number of nitrogens with one attached hydrogen (secondary N) is 1. The number of anilines is 3. The number of carbonyl (C=O) groups excluding carboxylic acids is 1. The second-order valence-corrected chi connectivity index (χ2v) is 9.28. The van der Waals surface area contributed by atoms with E-state index < -0.39 is 33.7 Å². The molecule has 0 aliphatic carbocycles. The smallest absolute Gasteiger partial charge is 0.378 e. The molecule has 0 saturated carbocycles. The van der Waals surface area contributed by atoms with Crippen LogP contribution in [0.1, 0.15) is 12.5 Å². The number of rotatable bonds is 6. The van der Waals surface area contributed by atoms with Crippen molar-refractivity contribution in [2.24, 2.45) is 0 Å². The fourth-order valence-corrected chi connectivity index (χ4v) is 4.62. The monoisotopic (exact) mass is 471 g/mol. The van der Waals surface area contributed by atoms with E-state index in [-0.39, 0.29) is 5.69 Å². The number of hydrogen-bond acceptors (Lipinski definition) is 5. The van der Waals surface area contributed by atoms with Gasteiger partial charge in [-0.3, -0.25) is 9.10 Å². The summed E-state index contributed by atoms with van der Waals surface area (Å²) in [5.41, 5.74) is 0.153. The van der Waals surface area contributed by atoms with E-state index >= 15 is 0 Å². The molecule has 1 saturated heterocycles. The average molecular weight is 472 g/mol. The van der Waals surface area contributed by atoms with Crippen LogP contribution in [0.3, 0.4) is 0 Å². The molecule has 7 nitrogen and oxygen atoms in total. The summed E-state index contributed by atoms with van der Waals surface area (Å²) in [4.78, 5) is 14.9. The molecule has 0 aromatic heterocycles. The second kappa shape index (κ2) is 9.37. The molecular weight excluding hydrogens is 447 g/mol. The molecule has 1 atom stereocenters. The van der Waals surface area contributed by atoms with Gasteiger partial charge in [-0.2, -0.15) is 13.2 Å². The molecule has 2 aromatic rings. The van der Waals surface area contributed by atoms with Crippen molar-refractivity contribution in [2.75, 3.05) is 47.1 Å². The van der Waals surface area contributed by atoms with Crippen LogP contribution in [0.5, 0.6) is 0 Å². The Kier molecular flexibility index (Phi) is 6.99. The topological polar surface area (TPSA) is 79.0 Å². The summed E-state index contributed by atoms with van der Waals surface area (Å²) in [6.45, 7) is 4.09. The Morgan fingerprint density at radius 1 is 1.12 bits per heavy atom. The Balaban J connectivity index is 1.78. The highest BCUT2D eigenvalue weighted by Crippen LogP contribution is 2.33. The summed E-state index contributed by atoms with van der Waals surface area (Å²) >= 11 is 0. The molecule has 1 heterocycles. The van der Waals surface area contributed by atoms with E-state index in [1.165, 1.54) is 13.0 Å². The SMILES string of the molecule is C[C@H](C(=O)Nc1ccc(N2CCOCC2)cc1)N(c1cccc(C(F)(F)F)c1)S(C)(=O)=O. The number of ether oxygens (including phenoxy) is 1. The number of morpholine rings is 1. The van der Waals surface area contributed by atoms with Crippen molar-refractivity contribution in [3.63, 3.8) is 0 Å². The van der Waals surface area contributed by atoms with Gasteiger partial charge in [-0.1, -0.05) is 6.07 Å². The third-order valence-electron chi connectivity index (χ3n) is 5.03. The first-order valence-electron chi connectivity index (χ1n) is 9.87. The molecule has 32 heavy (non-hydrogen) atoms. The molecule has 0 spiro atoms. The minimum Gasteiger partial charge on any atom is -0.378 e. The molecule has 3 rings (SSSR count). The number of carbonyl (C=O) groups is 1. The molecule has 2 aromatic carbocycles. The Labute approximate surface area is 184 Å². The van der Waals surface area contributed by atoms with Crippen LogP contribution >= 0.6 is 0 Å². The van der Waals surface area contributed by atoms with Crippen molar-refractivity contribution < 1.29 is 31.1 Å². The quantitative estimate of drug-likeness (QED) is 0.699. The third-order valence-corrected chi connectivity index (χ3v) is 6.27. The van der Waals surface area contributed by atoms with Gasteiger partial charge in [0, 0.05) is 24.5 Å². The van der Waals surface area contributed by atoms with E-state index in [0.717, 1.165) is 37.2 Å². The molecule has 1 aliphatic rings. The Morgan fingerprint density at radius 2 is 1.75 bits per heavy atom. The summed E-state index contributed by atoms with van der Waals surface area (Å²) in [6, 6.07) is 9.61. The highest BCUT2D eigenvalue weighted by molar-refractivity contribution is 7.92. The predicted octanol–water partition coefficient (Wildman–Crippen LogP) is 3.34. The molecule has 174 valence electrons. The van der Waals surface area contributed by atoms with Gasteiger partial charge in [0.1, 0.15) is 6.04 Å². The van der Waals surface area contributed by atoms with Gasteiger partial charge in [-0.15, -0.1) is 0 Å². The van der Waals surface area contributed by atoms with Crippen LogP contribution in [-0.4, -0.2) is 52.9 Å². The lowest BCUT2D eigenvalue weighted by molar-refractivity contribution is -0.137. The maximum atomic E-state index is 13.1. The minimum atomic E-state index is -4.65. The second-order valence-electron chi connectivity index (χ2n) is 7.42. The van der Waals surface area contributed by atoms with E-state index in [1.54, 1.807) is 12.1 Å². The Hall–Kier alpha value is -2.79. The maximum Gasteiger partial charge on any atom is 0.416 e. The molecule has 0 unspecified atom stereocenters. The highest BCUT2D eigenvalue weighted by Gasteiger charge is 2.34. The van der Waals surface area contributed by atoms with Gasteiger partial charge >= 0.3 is 6.18 Å². The van der Waals surface area contributed by atoms with E-state index in [0.29, 0.717) is 29.3 Å². The summed E-state index contributed by atoms with van der Waals surface area (Å²) in [5.74, 6) is -0.674. The summed E-state index contributed by atoms with van der Waals surface area (Å²) in [7, 11) is -4.05. The first-order valence-corrected chi connectivity index (χ1v) is 11.7. The lowest BCUT2D eigenvalue weighted by Gasteiger charge is -2.29. The number of nitrogens with zero attached hydrogens (tertiary/aromatic N) is 2. The predicted molar refractivity (Wildman–Crippen MR) is 116 cm³/mol. The molecule has 11 heteroatoms. The Bertz CT molecular complexity index is 1050. The van der Waals surface area contributed by atoms with Gasteiger partial charge < -0.3 is 15.0 Å². The maximum absolute atomic E-state index is 13.1. The van der Waals surface area contributed by atoms with Crippen LogP contribution in [0.25, 0.3) is 0 Å². The van der Waals surface area contributed by atoms with Crippen molar-refractivity contribution in [3.05, 3.63) is 54.1 Å². The first kappa shape index (κ1) is 23.9. The molecule has 1 N–H and O–H groups in total. The fraction of sp³-hybridized carbons (Fsp3) is 0.381. The number of hydrogen-bond donors (Lipinski definition) is 1. The number of benzene rings is 2. The molecule has 1 fully saturated rings. The van der Waals surface area contributed by atoms with E-state index in [4.69, 9.17) is 4.74 Å². The number of amides is 1. The standard InChI is InChI=1S/C21H24F3N3O4S/c1-15(27(32(2,29)30)19-5-3-4-16(14-19)21(22,23)24)20(28)25-17-6-8-18(9-7-17)26-10-12-31-13-11-26/h3-9,14-15H,10-13H2,1-2H3,(H,25,28)/t15-/m1/s1. The van der Waals surface area contributed by atoms with Crippen LogP contribution in [0.4, 0.5) is 30.2 Å². The number of alkyl halides is 3. The van der Waals surface area contributed by atoms with Gasteiger partial charge in [0.05, 0.1) is 30.7 Å². The van der Waals surface area contributed by atoms with Crippen molar-refractivity contribution in [1.82, 2.24) is 0 Å². The zero-order valence-corrected chi connectivity index (χ0v) is 18.4. The zero-order valence-electron chi connectivity index (χ0n) is 17.6. The summed E-state index contributed by atoms with van der Waals surface area (Å²) in [5, 5.41) is 2.63. The van der Waals surface area contributed by atoms with Crippen molar-refractivity contribution in [3.8, 4) is 0 Å². The van der Waals surface area contributed by atoms with E-state index in [1.807, 2.05) is 12.1 Å². The lowest BCUT2D eigenvalue weighted by Crippen LogP contribution is -2.45. The van der Waals surface area contributed by atoms with Gasteiger partial charge in [0.15, 0.2) is 0 Å². The van der Waals surface area contributed by atoms with Crippen LogP contribution in [0, 0.1) is 0 Å². The first-order chi connectivity index (χ1) is 15.0. The lowest BCUT2D eigenvalue weighted by atomic mass is 10.1. The highest BCUT2D eigenvalue weighted by atomic mass is 32.2. The molecule has 0 bridgehead atoms. The van der Waals surface area contributed by atoms with E-state index in [9.17, 15) is 26.4 Å². The minimum absolute atomic E-state index is 0.243. The van der Waals surface area contributed by atoms with Crippen molar-refractivity contribution in [1.29, 1.82) is 0 Å². The summed E-state index contributed by atoms with van der Waals surface area (Å²) < 4.78 is 70.0. The molecule has 1 amide bonds. The fourth-order valence-electron chi connectivity index (χ4n) is 3.45. The molecular formula is C21H24F3N3O4S. The number of halogens is 3. The molecule has 0 radical (unpaired) electrons. The van der Waals surface area contributed by atoms with Crippen molar-refractivity contribution >= 4 is 33.0 Å². The largest absolute Gasteiger partial charge is 0.416 e. The van der Waals surface area contributed by atoms with Crippen LogP contribution < -0.4 is 14.5 Å². The van der Waals surface area contributed by atoms with Gasteiger partial charge in [0.25, 0.3) is 0 Å². The number of sulfonamides is 1.